The van der Waals surface area contributed by atoms with E-state index in [9.17, 15) is 4.79 Å². The molecule has 0 aliphatic carbocycles. The zero-order valence-electron chi connectivity index (χ0n) is 11.8. The number of rotatable bonds is 3. The number of fused-ring (bicyclic) bond motifs is 1. The Kier molecular flexibility index (Phi) is 3.50. The Balaban J connectivity index is 1.87. The van der Waals surface area contributed by atoms with E-state index in [1.165, 1.54) is 0 Å². The van der Waals surface area contributed by atoms with Crippen LogP contribution in [0.2, 0.25) is 0 Å². The molecule has 0 fully saturated rings. The zero-order valence-corrected chi connectivity index (χ0v) is 11.8. The minimum atomic E-state index is -0.358. The second-order valence-corrected chi connectivity index (χ2v) is 4.63. The van der Waals surface area contributed by atoms with Gasteiger partial charge in [0, 0.05) is 11.1 Å². The third kappa shape index (κ3) is 2.50. The van der Waals surface area contributed by atoms with Crippen molar-refractivity contribution in [3.05, 3.63) is 59.9 Å². The Hall–Kier alpha value is -3.26. The molecule has 0 atom stereocenters. The Bertz CT molecular complexity index is 873. The fraction of sp³-hybridized carbons (Fsp3) is 0.0588. The molecule has 1 amide bonds. The second-order valence-electron chi connectivity index (χ2n) is 4.63. The molecule has 2 aromatic carbocycles. The summed E-state index contributed by atoms with van der Waals surface area (Å²) in [4.78, 5) is 12.2. The molecule has 3 aromatic rings. The van der Waals surface area contributed by atoms with E-state index in [1.54, 1.807) is 43.5 Å². The smallest absolute Gasteiger partial charge is 0.291 e. The lowest BCUT2D eigenvalue weighted by Crippen LogP contribution is -2.10. The molecule has 0 saturated heterocycles. The van der Waals surface area contributed by atoms with Gasteiger partial charge in [-0.1, -0.05) is 12.1 Å². The van der Waals surface area contributed by atoms with Crippen molar-refractivity contribution in [3.8, 4) is 11.8 Å². The summed E-state index contributed by atoms with van der Waals surface area (Å²) in [6, 6.07) is 15.7. The van der Waals surface area contributed by atoms with Crippen LogP contribution in [0.3, 0.4) is 0 Å². The average Bonchev–Trinajstić information content (AvgIpc) is 2.99. The monoisotopic (exact) mass is 292 g/mol. The molecule has 5 heteroatoms. The Labute approximate surface area is 126 Å². The molecule has 0 aliphatic rings. The lowest BCUT2D eigenvalue weighted by atomic mass is 10.2. The highest BCUT2D eigenvalue weighted by atomic mass is 16.5. The molecule has 1 aromatic heterocycles. The zero-order chi connectivity index (χ0) is 15.5. The Morgan fingerprint density at radius 1 is 1.23 bits per heavy atom. The number of hydrogen-bond donors (Lipinski definition) is 1. The number of carbonyl (C=O) groups excluding carboxylic acids is 1. The molecule has 108 valence electrons. The lowest BCUT2D eigenvalue weighted by Gasteiger charge is -2.02. The topological polar surface area (TPSA) is 75.3 Å². The van der Waals surface area contributed by atoms with Crippen LogP contribution in [0.1, 0.15) is 16.1 Å². The van der Waals surface area contributed by atoms with E-state index in [4.69, 9.17) is 14.4 Å². The first-order valence-electron chi connectivity index (χ1n) is 6.59. The minimum Gasteiger partial charge on any atom is -0.493 e. The van der Waals surface area contributed by atoms with Crippen LogP contribution in [0.4, 0.5) is 5.69 Å². The van der Waals surface area contributed by atoms with Gasteiger partial charge in [0.1, 0.15) is 0 Å². The van der Waals surface area contributed by atoms with E-state index in [2.05, 4.69) is 5.32 Å². The van der Waals surface area contributed by atoms with Gasteiger partial charge in [-0.25, -0.2) is 0 Å². The Morgan fingerprint density at radius 2 is 2.00 bits per heavy atom. The van der Waals surface area contributed by atoms with Crippen LogP contribution in [0.25, 0.3) is 11.0 Å². The molecule has 0 radical (unpaired) electrons. The fourth-order valence-corrected chi connectivity index (χ4v) is 2.13. The largest absolute Gasteiger partial charge is 0.493 e. The molecule has 0 unspecified atom stereocenters. The number of methoxy groups -OCH3 is 1. The van der Waals surface area contributed by atoms with Crippen molar-refractivity contribution >= 4 is 22.6 Å². The predicted molar refractivity (Wildman–Crippen MR) is 81.9 cm³/mol. The summed E-state index contributed by atoms with van der Waals surface area (Å²) in [5, 5.41) is 12.3. The van der Waals surface area contributed by atoms with E-state index in [-0.39, 0.29) is 11.7 Å². The standard InChI is InChI=1S/C17H12N2O3/c1-21-14-4-2-3-12-9-15(22-16(12)14)17(20)19-13-7-5-11(10-18)6-8-13/h2-9H,1H3,(H,19,20). The number of ether oxygens (including phenoxy) is 1. The van der Waals surface area contributed by atoms with Gasteiger partial charge >= 0.3 is 0 Å². The molecule has 0 aliphatic heterocycles. The van der Waals surface area contributed by atoms with Crippen molar-refractivity contribution in [1.82, 2.24) is 0 Å². The van der Waals surface area contributed by atoms with Crippen molar-refractivity contribution in [2.45, 2.75) is 0 Å². The SMILES string of the molecule is COc1cccc2cc(C(=O)Nc3ccc(C#N)cc3)oc12. The number of nitrogens with one attached hydrogen (secondary N) is 1. The van der Waals surface area contributed by atoms with Crippen molar-refractivity contribution in [1.29, 1.82) is 5.26 Å². The number of benzene rings is 2. The second kappa shape index (κ2) is 5.62. The van der Waals surface area contributed by atoms with Gasteiger partial charge in [-0.2, -0.15) is 5.26 Å². The maximum Gasteiger partial charge on any atom is 0.291 e. The number of nitrogens with zero attached hydrogens (tertiary/aromatic N) is 1. The maximum atomic E-state index is 12.2. The van der Waals surface area contributed by atoms with Gasteiger partial charge in [0.05, 0.1) is 18.7 Å². The molecule has 22 heavy (non-hydrogen) atoms. The van der Waals surface area contributed by atoms with Crippen LogP contribution in [-0.4, -0.2) is 13.0 Å². The molecule has 0 spiro atoms. The predicted octanol–water partition coefficient (Wildman–Crippen LogP) is 3.57. The van der Waals surface area contributed by atoms with Gasteiger partial charge < -0.3 is 14.5 Å². The quantitative estimate of drug-likeness (QED) is 0.800. The summed E-state index contributed by atoms with van der Waals surface area (Å²) >= 11 is 0. The van der Waals surface area contributed by atoms with Gasteiger partial charge in [-0.15, -0.1) is 0 Å². The maximum absolute atomic E-state index is 12.2. The van der Waals surface area contributed by atoms with Crippen LogP contribution in [0, 0.1) is 11.3 Å². The highest BCUT2D eigenvalue weighted by molar-refractivity contribution is 6.05. The Morgan fingerprint density at radius 3 is 2.68 bits per heavy atom. The number of furan rings is 1. The number of amides is 1. The van der Waals surface area contributed by atoms with Crippen molar-refractivity contribution in [2.75, 3.05) is 12.4 Å². The summed E-state index contributed by atoms with van der Waals surface area (Å²) in [6.45, 7) is 0. The third-order valence-electron chi connectivity index (χ3n) is 3.22. The van der Waals surface area contributed by atoms with E-state index < -0.39 is 0 Å². The van der Waals surface area contributed by atoms with Crippen LogP contribution >= 0.6 is 0 Å². The van der Waals surface area contributed by atoms with E-state index in [0.29, 0.717) is 22.6 Å². The summed E-state index contributed by atoms with van der Waals surface area (Å²) in [5.41, 5.74) is 1.66. The van der Waals surface area contributed by atoms with Gasteiger partial charge in [0.15, 0.2) is 17.1 Å². The van der Waals surface area contributed by atoms with Crippen LogP contribution in [-0.2, 0) is 0 Å². The molecular formula is C17H12N2O3. The first-order valence-corrected chi connectivity index (χ1v) is 6.59. The molecule has 0 saturated carbocycles. The molecule has 5 nitrogen and oxygen atoms in total. The molecule has 1 heterocycles. The summed E-state index contributed by atoms with van der Waals surface area (Å²) < 4.78 is 10.8. The summed E-state index contributed by atoms with van der Waals surface area (Å²) in [5.74, 6) is 0.418. The average molecular weight is 292 g/mol. The van der Waals surface area contributed by atoms with Crippen LogP contribution in [0.5, 0.6) is 5.75 Å². The van der Waals surface area contributed by atoms with Crippen LogP contribution < -0.4 is 10.1 Å². The minimum absolute atomic E-state index is 0.198. The number of anilines is 1. The normalized spacial score (nSPS) is 10.2. The molecule has 1 N–H and O–H groups in total. The van der Waals surface area contributed by atoms with Crippen molar-refractivity contribution in [3.63, 3.8) is 0 Å². The van der Waals surface area contributed by atoms with E-state index in [0.717, 1.165) is 5.39 Å². The number of para-hydroxylation sites is 1. The molecule has 0 bridgehead atoms. The summed E-state index contributed by atoms with van der Waals surface area (Å²) in [6.07, 6.45) is 0. The highest BCUT2D eigenvalue weighted by Crippen LogP contribution is 2.28. The summed E-state index contributed by atoms with van der Waals surface area (Å²) in [7, 11) is 1.55. The number of carbonyl (C=O) groups is 1. The van der Waals surface area contributed by atoms with E-state index in [1.807, 2.05) is 18.2 Å². The van der Waals surface area contributed by atoms with Gasteiger partial charge in [-0.3, -0.25) is 4.79 Å². The highest BCUT2D eigenvalue weighted by Gasteiger charge is 2.14. The fourth-order valence-electron chi connectivity index (χ4n) is 2.13. The third-order valence-corrected chi connectivity index (χ3v) is 3.22. The van der Waals surface area contributed by atoms with Gasteiger partial charge in [0.25, 0.3) is 5.91 Å². The lowest BCUT2D eigenvalue weighted by molar-refractivity contribution is 0.0998. The number of hydrogen-bond acceptors (Lipinski definition) is 4. The molecular weight excluding hydrogens is 280 g/mol. The first-order chi connectivity index (χ1) is 10.7. The first kappa shape index (κ1) is 13.7. The van der Waals surface area contributed by atoms with Crippen LogP contribution in [0.15, 0.2) is 52.9 Å². The van der Waals surface area contributed by atoms with Gasteiger partial charge in [-0.05, 0) is 36.4 Å². The van der Waals surface area contributed by atoms with Crippen molar-refractivity contribution in [2.24, 2.45) is 0 Å². The molecule has 3 rings (SSSR count). The van der Waals surface area contributed by atoms with E-state index >= 15 is 0 Å². The van der Waals surface area contributed by atoms with Crippen molar-refractivity contribution < 1.29 is 13.9 Å². The van der Waals surface area contributed by atoms with Gasteiger partial charge in [0.2, 0.25) is 0 Å². The number of nitriles is 1.